The molecule has 1 aliphatic heterocycles. The highest BCUT2D eigenvalue weighted by Gasteiger charge is 2.27. The molecule has 0 bridgehead atoms. The Morgan fingerprint density at radius 2 is 2.17 bits per heavy atom. The maximum atomic E-state index is 6.04. The zero-order valence-corrected chi connectivity index (χ0v) is 8.02. The Morgan fingerprint density at radius 1 is 1.33 bits per heavy atom. The Balaban J connectivity index is 1.64. The molecule has 0 amide bonds. The van der Waals surface area contributed by atoms with Crippen molar-refractivity contribution in [3.8, 4) is 0 Å². The van der Waals surface area contributed by atoms with E-state index in [1.165, 1.54) is 19.3 Å². The summed E-state index contributed by atoms with van der Waals surface area (Å²) in [6.45, 7) is 2.64. The van der Waals surface area contributed by atoms with Crippen LogP contribution in [0.25, 0.3) is 0 Å². The Kier molecular flexibility index (Phi) is 2.89. The lowest BCUT2D eigenvalue weighted by molar-refractivity contribution is 0.187. The lowest BCUT2D eigenvalue weighted by Gasteiger charge is -2.27. The van der Waals surface area contributed by atoms with Crippen LogP contribution in [0.4, 0.5) is 0 Å². The molecule has 2 fully saturated rings. The molecule has 1 saturated carbocycles. The Morgan fingerprint density at radius 3 is 2.67 bits per heavy atom. The topological polar surface area (TPSA) is 21.3 Å². The molecule has 2 rings (SSSR count). The molecule has 0 aromatic carbocycles. The smallest absolute Gasteiger partial charge is 0.0745 e. The zero-order chi connectivity index (χ0) is 8.39. The van der Waals surface area contributed by atoms with Gasteiger partial charge in [0.1, 0.15) is 0 Å². The van der Waals surface area contributed by atoms with E-state index in [9.17, 15) is 0 Å². The van der Waals surface area contributed by atoms with Gasteiger partial charge in [-0.05, 0) is 25.3 Å². The van der Waals surface area contributed by atoms with Gasteiger partial charge in [0.25, 0.3) is 0 Å². The van der Waals surface area contributed by atoms with Gasteiger partial charge in [0.2, 0.25) is 0 Å². The quantitative estimate of drug-likeness (QED) is 0.678. The van der Waals surface area contributed by atoms with Crippen LogP contribution in [0, 0.1) is 5.92 Å². The van der Waals surface area contributed by atoms with Gasteiger partial charge in [0.15, 0.2) is 0 Å². The lowest BCUT2D eigenvalue weighted by atomic mass is 9.85. The van der Waals surface area contributed by atoms with Gasteiger partial charge in [-0.15, -0.1) is 11.6 Å². The molecular formula is C9H16ClNO. The van der Waals surface area contributed by atoms with Crippen molar-refractivity contribution in [2.24, 2.45) is 5.92 Å². The predicted molar refractivity (Wildman–Crippen MR) is 49.6 cm³/mol. The highest BCUT2D eigenvalue weighted by atomic mass is 35.5. The summed E-state index contributed by atoms with van der Waals surface area (Å²) < 4.78 is 5.26. The van der Waals surface area contributed by atoms with Gasteiger partial charge in [-0.25, -0.2) is 0 Å². The molecule has 0 spiro atoms. The zero-order valence-electron chi connectivity index (χ0n) is 7.26. The van der Waals surface area contributed by atoms with E-state index in [2.05, 4.69) is 5.32 Å². The van der Waals surface area contributed by atoms with E-state index in [0.717, 1.165) is 19.1 Å². The first-order valence-corrected chi connectivity index (χ1v) is 5.25. The van der Waals surface area contributed by atoms with Gasteiger partial charge < -0.3 is 10.1 Å². The summed E-state index contributed by atoms with van der Waals surface area (Å²) in [6.07, 6.45) is 4.21. The first-order chi connectivity index (χ1) is 5.86. The second-order valence-corrected chi connectivity index (χ2v) is 4.43. The number of hydrogen-bond donors (Lipinski definition) is 1. The standard InChI is InChI=1S/C9H16ClNO/c10-8-5-12-6-9(8)11-4-7-2-1-3-7/h7-9,11H,1-6H2. The Labute approximate surface area is 78.6 Å². The van der Waals surface area contributed by atoms with Crippen molar-refractivity contribution in [3.05, 3.63) is 0 Å². The molecule has 70 valence electrons. The summed E-state index contributed by atoms with van der Waals surface area (Å²) in [4.78, 5) is 0. The number of rotatable bonds is 3. The van der Waals surface area contributed by atoms with E-state index in [1.807, 2.05) is 0 Å². The fraction of sp³-hybridized carbons (Fsp3) is 1.00. The number of halogens is 1. The van der Waals surface area contributed by atoms with Gasteiger partial charge in [0, 0.05) is 6.04 Å². The first-order valence-electron chi connectivity index (χ1n) is 4.81. The minimum absolute atomic E-state index is 0.185. The van der Waals surface area contributed by atoms with Crippen LogP contribution < -0.4 is 5.32 Å². The molecule has 0 aromatic rings. The molecule has 0 aromatic heterocycles. The van der Waals surface area contributed by atoms with Gasteiger partial charge in [0.05, 0.1) is 18.6 Å². The van der Waals surface area contributed by atoms with E-state index in [4.69, 9.17) is 16.3 Å². The molecular weight excluding hydrogens is 174 g/mol. The fourth-order valence-corrected chi connectivity index (χ4v) is 1.98. The largest absolute Gasteiger partial charge is 0.378 e. The van der Waals surface area contributed by atoms with Crippen molar-refractivity contribution in [3.63, 3.8) is 0 Å². The molecule has 1 aliphatic carbocycles. The van der Waals surface area contributed by atoms with Crippen LogP contribution in [0.2, 0.25) is 0 Å². The van der Waals surface area contributed by atoms with Crippen LogP contribution in [0.5, 0.6) is 0 Å². The minimum Gasteiger partial charge on any atom is -0.378 e. The third kappa shape index (κ3) is 1.93. The Bertz CT molecular complexity index is 149. The van der Waals surface area contributed by atoms with E-state index < -0.39 is 0 Å². The molecule has 1 heterocycles. The normalized spacial score (nSPS) is 36.8. The monoisotopic (exact) mass is 189 g/mol. The molecule has 0 radical (unpaired) electrons. The maximum absolute atomic E-state index is 6.04. The van der Waals surface area contributed by atoms with E-state index in [1.54, 1.807) is 0 Å². The molecule has 2 unspecified atom stereocenters. The SMILES string of the molecule is ClC1COCC1NCC1CCC1. The molecule has 2 atom stereocenters. The third-order valence-electron chi connectivity index (χ3n) is 2.90. The van der Waals surface area contributed by atoms with Crippen LogP contribution >= 0.6 is 11.6 Å². The van der Waals surface area contributed by atoms with Crippen LogP contribution in [-0.2, 0) is 4.74 Å². The number of ether oxygens (including phenoxy) is 1. The second-order valence-electron chi connectivity index (χ2n) is 3.87. The number of alkyl halides is 1. The number of nitrogens with one attached hydrogen (secondary N) is 1. The van der Waals surface area contributed by atoms with Crippen LogP contribution in [-0.4, -0.2) is 31.2 Å². The van der Waals surface area contributed by atoms with Crippen molar-refractivity contribution in [2.45, 2.75) is 30.7 Å². The Hall–Kier alpha value is 0.210. The van der Waals surface area contributed by atoms with E-state index >= 15 is 0 Å². The van der Waals surface area contributed by atoms with Crippen molar-refractivity contribution >= 4 is 11.6 Å². The number of hydrogen-bond acceptors (Lipinski definition) is 2. The highest BCUT2D eigenvalue weighted by molar-refractivity contribution is 6.21. The summed E-state index contributed by atoms with van der Waals surface area (Å²) in [6, 6.07) is 0.396. The molecule has 1 saturated heterocycles. The van der Waals surface area contributed by atoms with E-state index in [0.29, 0.717) is 12.6 Å². The van der Waals surface area contributed by atoms with Gasteiger partial charge in [-0.2, -0.15) is 0 Å². The average Bonchev–Trinajstić information content (AvgIpc) is 2.33. The molecule has 3 heteroatoms. The van der Waals surface area contributed by atoms with E-state index in [-0.39, 0.29) is 5.38 Å². The van der Waals surface area contributed by atoms with Crippen LogP contribution in [0.15, 0.2) is 0 Å². The summed E-state index contributed by atoms with van der Waals surface area (Å²) >= 11 is 6.04. The average molecular weight is 190 g/mol. The molecule has 12 heavy (non-hydrogen) atoms. The third-order valence-corrected chi connectivity index (χ3v) is 3.33. The van der Waals surface area contributed by atoms with Gasteiger partial charge in [-0.1, -0.05) is 6.42 Å². The van der Waals surface area contributed by atoms with Crippen molar-refractivity contribution in [2.75, 3.05) is 19.8 Å². The molecule has 1 N–H and O–H groups in total. The lowest BCUT2D eigenvalue weighted by Crippen LogP contribution is -2.40. The van der Waals surface area contributed by atoms with Crippen LogP contribution in [0.3, 0.4) is 0 Å². The summed E-state index contributed by atoms with van der Waals surface area (Å²) in [5.41, 5.74) is 0. The maximum Gasteiger partial charge on any atom is 0.0745 e. The van der Waals surface area contributed by atoms with Crippen molar-refractivity contribution in [1.29, 1.82) is 0 Å². The molecule has 2 aliphatic rings. The first kappa shape index (κ1) is 8.79. The van der Waals surface area contributed by atoms with Crippen LogP contribution in [0.1, 0.15) is 19.3 Å². The van der Waals surface area contributed by atoms with Gasteiger partial charge >= 0.3 is 0 Å². The summed E-state index contributed by atoms with van der Waals surface area (Å²) in [5, 5.41) is 3.66. The predicted octanol–water partition coefficient (Wildman–Crippen LogP) is 1.38. The minimum atomic E-state index is 0.185. The van der Waals surface area contributed by atoms with Gasteiger partial charge in [-0.3, -0.25) is 0 Å². The second kappa shape index (κ2) is 3.95. The van der Waals surface area contributed by atoms with Crippen molar-refractivity contribution < 1.29 is 4.74 Å². The van der Waals surface area contributed by atoms with Crippen molar-refractivity contribution in [1.82, 2.24) is 5.32 Å². The fourth-order valence-electron chi connectivity index (χ4n) is 1.73. The summed E-state index contributed by atoms with van der Waals surface area (Å²) in [7, 11) is 0. The molecule has 2 nitrogen and oxygen atoms in total. The summed E-state index contributed by atoms with van der Waals surface area (Å²) in [5.74, 6) is 0.912. The highest BCUT2D eigenvalue weighted by Crippen LogP contribution is 2.25.